The van der Waals surface area contributed by atoms with Gasteiger partial charge >= 0.3 is 6.03 Å². The molecule has 0 bridgehead atoms. The van der Waals surface area contributed by atoms with Crippen molar-refractivity contribution in [3.8, 4) is 0 Å². The highest BCUT2D eigenvalue weighted by atomic mass is 16.3. The fraction of sp³-hybridized carbons (Fsp3) is 0.375. The van der Waals surface area contributed by atoms with Gasteiger partial charge in [-0.05, 0) is 43.5 Å². The highest BCUT2D eigenvalue weighted by Gasteiger charge is 2.22. The van der Waals surface area contributed by atoms with Crippen LogP contribution < -0.4 is 5.32 Å². The normalized spacial score (nSPS) is 18.8. The van der Waals surface area contributed by atoms with E-state index in [0.29, 0.717) is 13.1 Å². The molecule has 1 saturated heterocycles. The largest absolute Gasteiger partial charge is 0.391 e. The SMILES string of the molecule is Cc1cc(NC(=O)N2CCCC(O)C2)c2ncccc2c1. The molecule has 2 amide bonds. The summed E-state index contributed by atoms with van der Waals surface area (Å²) >= 11 is 0. The molecular weight excluding hydrogens is 266 g/mol. The van der Waals surface area contributed by atoms with Crippen LogP contribution in [0.4, 0.5) is 10.5 Å². The first-order valence-corrected chi connectivity index (χ1v) is 7.23. The molecule has 2 N–H and O–H groups in total. The predicted octanol–water partition coefficient (Wildman–Crippen LogP) is 2.53. The maximum absolute atomic E-state index is 12.3. The number of pyridine rings is 1. The zero-order valence-electron chi connectivity index (χ0n) is 12.0. The molecule has 5 nitrogen and oxygen atoms in total. The molecule has 1 aliphatic heterocycles. The second kappa shape index (κ2) is 5.69. The lowest BCUT2D eigenvalue weighted by Crippen LogP contribution is -2.44. The van der Waals surface area contributed by atoms with Crippen LogP contribution in [0.1, 0.15) is 18.4 Å². The zero-order chi connectivity index (χ0) is 14.8. The van der Waals surface area contributed by atoms with Gasteiger partial charge in [-0.15, -0.1) is 0 Å². The van der Waals surface area contributed by atoms with Gasteiger partial charge < -0.3 is 15.3 Å². The molecule has 1 aromatic carbocycles. The molecule has 2 aromatic rings. The molecule has 5 heteroatoms. The summed E-state index contributed by atoms with van der Waals surface area (Å²) in [6, 6.07) is 7.66. The van der Waals surface area contributed by atoms with Gasteiger partial charge in [-0.1, -0.05) is 6.07 Å². The monoisotopic (exact) mass is 285 g/mol. The smallest absolute Gasteiger partial charge is 0.321 e. The number of nitrogens with one attached hydrogen (secondary N) is 1. The van der Waals surface area contributed by atoms with E-state index < -0.39 is 6.10 Å². The molecule has 1 aromatic heterocycles. The topological polar surface area (TPSA) is 65.5 Å². The van der Waals surface area contributed by atoms with E-state index in [4.69, 9.17) is 0 Å². The Morgan fingerprint density at radius 3 is 3.14 bits per heavy atom. The number of carbonyl (C=O) groups is 1. The Morgan fingerprint density at radius 2 is 2.33 bits per heavy atom. The van der Waals surface area contributed by atoms with Gasteiger partial charge in [0, 0.05) is 24.7 Å². The Hall–Kier alpha value is -2.14. The average molecular weight is 285 g/mol. The lowest BCUT2D eigenvalue weighted by Gasteiger charge is -2.30. The van der Waals surface area contributed by atoms with Crippen LogP contribution in [0.2, 0.25) is 0 Å². The molecule has 1 fully saturated rings. The fourth-order valence-corrected chi connectivity index (χ4v) is 2.77. The van der Waals surface area contributed by atoms with E-state index in [9.17, 15) is 9.90 Å². The van der Waals surface area contributed by atoms with E-state index in [1.54, 1.807) is 11.1 Å². The van der Waals surface area contributed by atoms with Crippen LogP contribution in [-0.4, -0.2) is 40.2 Å². The molecule has 0 aliphatic carbocycles. The number of β-amino-alcohol motifs (C(OH)–C–C–N with tert-alkyl or cyclic N) is 1. The molecule has 1 unspecified atom stereocenters. The van der Waals surface area contributed by atoms with Gasteiger partial charge in [0.1, 0.15) is 0 Å². The van der Waals surface area contributed by atoms with Crippen molar-refractivity contribution < 1.29 is 9.90 Å². The molecule has 110 valence electrons. The number of anilines is 1. The van der Waals surface area contributed by atoms with Crippen molar-refractivity contribution in [1.82, 2.24) is 9.88 Å². The Labute approximate surface area is 123 Å². The number of aryl methyl sites for hydroxylation is 1. The van der Waals surface area contributed by atoms with Gasteiger partial charge in [-0.2, -0.15) is 0 Å². The molecule has 2 heterocycles. The summed E-state index contributed by atoms with van der Waals surface area (Å²) in [6.07, 6.45) is 2.90. The third-order valence-electron chi connectivity index (χ3n) is 3.77. The van der Waals surface area contributed by atoms with Crippen molar-refractivity contribution in [2.24, 2.45) is 0 Å². The van der Waals surface area contributed by atoms with Crippen LogP contribution in [0.15, 0.2) is 30.5 Å². The number of rotatable bonds is 1. The summed E-state index contributed by atoms with van der Waals surface area (Å²) in [5.74, 6) is 0. The maximum Gasteiger partial charge on any atom is 0.321 e. The number of fused-ring (bicyclic) bond motifs is 1. The fourth-order valence-electron chi connectivity index (χ4n) is 2.77. The van der Waals surface area contributed by atoms with Crippen molar-refractivity contribution in [3.05, 3.63) is 36.0 Å². The highest BCUT2D eigenvalue weighted by Crippen LogP contribution is 2.24. The molecule has 1 aliphatic rings. The quantitative estimate of drug-likeness (QED) is 0.846. The highest BCUT2D eigenvalue weighted by molar-refractivity contribution is 6.00. The first-order chi connectivity index (χ1) is 10.1. The number of nitrogens with zero attached hydrogens (tertiary/aromatic N) is 2. The lowest BCUT2D eigenvalue weighted by atomic mass is 10.1. The first-order valence-electron chi connectivity index (χ1n) is 7.23. The average Bonchev–Trinajstić information content (AvgIpc) is 2.47. The van der Waals surface area contributed by atoms with Gasteiger partial charge in [0.2, 0.25) is 0 Å². The van der Waals surface area contributed by atoms with E-state index in [0.717, 1.165) is 35.0 Å². The van der Waals surface area contributed by atoms with E-state index in [1.165, 1.54) is 0 Å². The minimum absolute atomic E-state index is 0.175. The lowest BCUT2D eigenvalue weighted by molar-refractivity contribution is 0.0883. The van der Waals surface area contributed by atoms with Crippen molar-refractivity contribution in [3.63, 3.8) is 0 Å². The third-order valence-corrected chi connectivity index (χ3v) is 3.77. The molecule has 0 radical (unpaired) electrons. The summed E-state index contributed by atoms with van der Waals surface area (Å²) in [6.45, 7) is 3.07. The second-order valence-electron chi connectivity index (χ2n) is 5.56. The van der Waals surface area contributed by atoms with Crippen LogP contribution in [0.5, 0.6) is 0 Å². The van der Waals surface area contributed by atoms with Crippen LogP contribution in [0.25, 0.3) is 10.9 Å². The van der Waals surface area contributed by atoms with Crippen LogP contribution in [0.3, 0.4) is 0 Å². The van der Waals surface area contributed by atoms with E-state index in [-0.39, 0.29) is 6.03 Å². The van der Waals surface area contributed by atoms with Gasteiger partial charge in [-0.25, -0.2) is 4.79 Å². The predicted molar refractivity (Wildman–Crippen MR) is 82.3 cm³/mol. The Balaban J connectivity index is 1.85. The summed E-state index contributed by atoms with van der Waals surface area (Å²) in [5.41, 5.74) is 2.58. The van der Waals surface area contributed by atoms with E-state index in [1.807, 2.05) is 31.2 Å². The third kappa shape index (κ3) is 2.97. The number of amides is 2. The van der Waals surface area contributed by atoms with Crippen LogP contribution in [0, 0.1) is 6.92 Å². The van der Waals surface area contributed by atoms with Crippen LogP contribution >= 0.6 is 0 Å². The number of aliphatic hydroxyl groups is 1. The number of hydrogen-bond acceptors (Lipinski definition) is 3. The first kappa shape index (κ1) is 13.8. The second-order valence-corrected chi connectivity index (χ2v) is 5.56. The Kier molecular flexibility index (Phi) is 3.75. The number of carbonyl (C=O) groups excluding carboxylic acids is 1. The number of likely N-dealkylation sites (tertiary alicyclic amines) is 1. The van der Waals surface area contributed by atoms with Crippen molar-refractivity contribution in [2.75, 3.05) is 18.4 Å². The zero-order valence-corrected chi connectivity index (χ0v) is 12.0. The van der Waals surface area contributed by atoms with Crippen LogP contribution in [-0.2, 0) is 0 Å². The molecule has 3 rings (SSSR count). The Morgan fingerprint density at radius 1 is 1.48 bits per heavy atom. The summed E-state index contributed by atoms with van der Waals surface area (Å²) in [7, 11) is 0. The number of benzene rings is 1. The van der Waals surface area contributed by atoms with E-state index >= 15 is 0 Å². The maximum atomic E-state index is 12.3. The molecule has 0 saturated carbocycles. The molecular formula is C16H19N3O2. The number of hydrogen-bond donors (Lipinski definition) is 2. The van der Waals surface area contributed by atoms with Gasteiger partial charge in [0.15, 0.2) is 0 Å². The minimum atomic E-state index is -0.420. The van der Waals surface area contributed by atoms with Gasteiger partial charge in [0.25, 0.3) is 0 Å². The standard InChI is InChI=1S/C16H19N3O2/c1-11-8-12-4-2-6-17-15(12)14(9-11)18-16(21)19-7-3-5-13(20)10-19/h2,4,6,8-9,13,20H,3,5,7,10H2,1H3,(H,18,21). The molecule has 1 atom stereocenters. The molecule has 21 heavy (non-hydrogen) atoms. The Bertz CT molecular complexity index is 672. The summed E-state index contributed by atoms with van der Waals surface area (Å²) < 4.78 is 0. The van der Waals surface area contributed by atoms with E-state index in [2.05, 4.69) is 10.3 Å². The minimum Gasteiger partial charge on any atom is -0.391 e. The van der Waals surface area contributed by atoms with Crippen molar-refractivity contribution >= 4 is 22.6 Å². The molecule has 0 spiro atoms. The summed E-state index contributed by atoms with van der Waals surface area (Å²) in [4.78, 5) is 18.4. The van der Waals surface area contributed by atoms with Gasteiger partial charge in [-0.3, -0.25) is 4.98 Å². The number of piperidine rings is 1. The van der Waals surface area contributed by atoms with Crippen molar-refractivity contribution in [1.29, 1.82) is 0 Å². The summed E-state index contributed by atoms with van der Waals surface area (Å²) in [5, 5.41) is 13.6. The number of aliphatic hydroxyl groups excluding tert-OH is 1. The van der Waals surface area contributed by atoms with Crippen molar-refractivity contribution in [2.45, 2.75) is 25.9 Å². The number of urea groups is 1. The number of aromatic nitrogens is 1. The van der Waals surface area contributed by atoms with Gasteiger partial charge in [0.05, 0.1) is 17.3 Å².